The smallest absolute Gasteiger partial charge is 0.309 e. The van der Waals surface area contributed by atoms with Crippen molar-refractivity contribution in [2.75, 3.05) is 0 Å². The van der Waals surface area contributed by atoms with Crippen molar-refractivity contribution in [3.63, 3.8) is 0 Å². The molecule has 29 heavy (non-hydrogen) atoms. The van der Waals surface area contributed by atoms with Gasteiger partial charge in [-0.3, -0.25) is 9.59 Å². The zero-order valence-corrected chi connectivity index (χ0v) is 16.9. The molecular weight excluding hydrogens is 396 g/mol. The summed E-state index contributed by atoms with van der Waals surface area (Å²) in [7, 11) is 0. The van der Waals surface area contributed by atoms with Gasteiger partial charge in [0.1, 0.15) is 0 Å². The number of amides is 1. The summed E-state index contributed by atoms with van der Waals surface area (Å²) in [5.74, 6) is -2.84. The average molecular weight is 437 g/mol. The van der Waals surface area contributed by atoms with Crippen LogP contribution in [0.25, 0.3) is 0 Å². The molecule has 0 spiro atoms. The lowest BCUT2D eigenvalue weighted by Crippen LogP contribution is -2.51. The van der Waals surface area contributed by atoms with E-state index in [1.54, 1.807) is 0 Å². The topological polar surface area (TPSA) is 340 Å². The van der Waals surface area contributed by atoms with Crippen LogP contribution in [-0.2, 0) is 9.59 Å². The lowest BCUT2D eigenvalue weighted by molar-refractivity contribution is -0.145. The van der Waals surface area contributed by atoms with Gasteiger partial charge >= 0.3 is 5.97 Å². The molecule has 0 heterocycles. The van der Waals surface area contributed by atoms with E-state index < -0.39 is 30.0 Å². The molecule has 1 saturated carbocycles. The van der Waals surface area contributed by atoms with Crippen LogP contribution in [0.1, 0.15) is 40.0 Å². The number of rotatable bonds is 7. The van der Waals surface area contributed by atoms with Gasteiger partial charge in [-0.05, 0) is 12.3 Å². The number of nitrogens with one attached hydrogen (secondary N) is 1. The number of guanidine groups is 1. The van der Waals surface area contributed by atoms with Gasteiger partial charge in [0, 0.05) is 18.9 Å². The number of aliphatic hydroxyl groups is 1. The second-order valence-corrected chi connectivity index (χ2v) is 6.17. The monoisotopic (exact) mass is 436 g/mol. The number of aliphatic carboxylic acids is 1. The summed E-state index contributed by atoms with van der Waals surface area (Å²) in [6, 6.07) is -0.913. The molecule has 1 rings (SSSR count). The molecule has 1 aliphatic rings. The molecule has 5 atom stereocenters. The molecule has 0 aromatic carbocycles. The van der Waals surface area contributed by atoms with E-state index in [9.17, 15) is 19.8 Å². The summed E-state index contributed by atoms with van der Waals surface area (Å²) in [6.45, 7) is 5.39. The van der Waals surface area contributed by atoms with E-state index in [-0.39, 0.29) is 63.1 Å². The van der Waals surface area contributed by atoms with Crippen molar-refractivity contribution in [3.8, 4) is 0 Å². The predicted molar refractivity (Wildman–Crippen MR) is 108 cm³/mol. The van der Waals surface area contributed by atoms with E-state index in [1.807, 2.05) is 13.8 Å². The third-order valence-electron chi connectivity index (χ3n) is 4.72. The number of carboxylic acids is 1. The van der Waals surface area contributed by atoms with Crippen LogP contribution in [0.5, 0.6) is 0 Å². The molecule has 14 heteroatoms. The molecule has 0 radical (unpaired) electrons. The molecule has 0 aromatic heterocycles. The van der Waals surface area contributed by atoms with Crippen LogP contribution in [0.15, 0.2) is 4.99 Å². The molecule has 0 aliphatic heterocycles. The Balaban J connectivity index is -0.000000220. The number of carbonyl (C=O) groups is 2. The Bertz CT molecular complexity index is 472. The molecular formula is C15H40N4O10. The summed E-state index contributed by atoms with van der Waals surface area (Å²) in [4.78, 5) is 27.1. The molecule has 1 fully saturated rings. The fraction of sp³-hybridized carbons (Fsp3) is 0.800. The SMILES string of the molecule is CCC(CC)[C@H](NC(C)=O)[C@H]1[C@H](O)[C@@H](C(=O)O)C[C@H]1N=C(N)N.O.O.O.O.O.O. The Labute approximate surface area is 169 Å². The van der Waals surface area contributed by atoms with Crippen LogP contribution in [0.4, 0.5) is 0 Å². The maximum absolute atomic E-state index is 11.6. The average Bonchev–Trinajstić information content (AvgIpc) is 2.74. The zero-order valence-electron chi connectivity index (χ0n) is 16.9. The molecule has 1 aliphatic carbocycles. The fourth-order valence-electron chi connectivity index (χ4n) is 3.64. The van der Waals surface area contributed by atoms with E-state index >= 15 is 0 Å². The lowest BCUT2D eigenvalue weighted by Gasteiger charge is -2.35. The molecule has 14 nitrogen and oxygen atoms in total. The van der Waals surface area contributed by atoms with Crippen LogP contribution in [0, 0.1) is 17.8 Å². The van der Waals surface area contributed by atoms with Crippen LogP contribution in [0.2, 0.25) is 0 Å². The highest BCUT2D eigenvalue weighted by Gasteiger charge is 2.50. The summed E-state index contributed by atoms with van der Waals surface area (Å²) >= 11 is 0. The first-order chi connectivity index (χ1) is 10.7. The molecule has 0 saturated heterocycles. The lowest BCUT2D eigenvalue weighted by atomic mass is 9.80. The maximum atomic E-state index is 11.6. The van der Waals surface area contributed by atoms with Gasteiger partial charge in [-0.2, -0.15) is 0 Å². The van der Waals surface area contributed by atoms with Gasteiger partial charge in [-0.25, -0.2) is 4.99 Å². The van der Waals surface area contributed by atoms with Crippen LogP contribution < -0.4 is 16.8 Å². The summed E-state index contributed by atoms with van der Waals surface area (Å²) in [6.07, 6.45) is 0.612. The molecule has 180 valence electrons. The number of nitrogens with zero attached hydrogens (tertiary/aromatic N) is 1. The zero-order chi connectivity index (χ0) is 17.7. The molecule has 0 bridgehead atoms. The van der Waals surface area contributed by atoms with E-state index in [1.165, 1.54) is 6.92 Å². The van der Waals surface area contributed by atoms with Gasteiger partial charge < -0.3 is 59.9 Å². The van der Waals surface area contributed by atoms with Crippen LogP contribution >= 0.6 is 0 Å². The molecule has 19 N–H and O–H groups in total. The minimum Gasteiger partial charge on any atom is -0.481 e. The number of nitrogens with two attached hydrogens (primary N) is 2. The summed E-state index contributed by atoms with van der Waals surface area (Å²) in [5, 5.41) is 22.7. The number of aliphatic hydroxyl groups excluding tert-OH is 1. The Hall–Kier alpha value is -2.07. The first kappa shape index (κ1) is 41.3. The molecule has 0 aromatic rings. The van der Waals surface area contributed by atoms with Gasteiger partial charge in [0.15, 0.2) is 5.96 Å². The van der Waals surface area contributed by atoms with Crippen molar-refractivity contribution in [1.82, 2.24) is 5.32 Å². The van der Waals surface area contributed by atoms with Gasteiger partial charge in [-0.1, -0.05) is 26.7 Å². The van der Waals surface area contributed by atoms with E-state index in [0.29, 0.717) is 0 Å². The van der Waals surface area contributed by atoms with E-state index in [2.05, 4.69) is 10.3 Å². The summed E-state index contributed by atoms with van der Waals surface area (Å²) in [5.41, 5.74) is 10.9. The second-order valence-electron chi connectivity index (χ2n) is 6.17. The first-order valence-corrected chi connectivity index (χ1v) is 7.99. The van der Waals surface area contributed by atoms with Crippen molar-refractivity contribution in [3.05, 3.63) is 0 Å². The standard InChI is InChI=1S/C15H28N4O4.6H2O/c1-4-8(5-2)12(18-7(3)20)11-10(19-15(16)17)6-9(13(11)21)14(22)23;;;;;;/h8-13,21H,4-6H2,1-3H3,(H,18,20)(H,22,23)(H4,16,17,19);6*1H2/t9-,10+,11-,12-,13+;;;;;;/m0....../s1. The number of hydrogen-bond donors (Lipinski definition) is 5. The minimum atomic E-state index is -1.11. The fourth-order valence-corrected chi connectivity index (χ4v) is 3.64. The van der Waals surface area contributed by atoms with E-state index in [4.69, 9.17) is 11.5 Å². The maximum Gasteiger partial charge on any atom is 0.309 e. The largest absolute Gasteiger partial charge is 0.481 e. The van der Waals surface area contributed by atoms with Crippen molar-refractivity contribution >= 4 is 17.8 Å². The Morgan fingerprint density at radius 3 is 1.83 bits per heavy atom. The minimum absolute atomic E-state index is 0. The number of carboxylic acid groups (broad SMARTS) is 1. The number of carbonyl (C=O) groups excluding carboxylic acids is 1. The van der Waals surface area contributed by atoms with Crippen molar-refractivity contribution < 1.29 is 52.7 Å². The van der Waals surface area contributed by atoms with Crippen molar-refractivity contribution in [2.24, 2.45) is 34.2 Å². The van der Waals surface area contributed by atoms with Crippen LogP contribution in [-0.4, -0.2) is 79.1 Å². The van der Waals surface area contributed by atoms with Gasteiger partial charge in [0.2, 0.25) is 5.91 Å². The van der Waals surface area contributed by atoms with Crippen molar-refractivity contribution in [2.45, 2.75) is 58.2 Å². The van der Waals surface area contributed by atoms with E-state index in [0.717, 1.165) is 12.8 Å². The Morgan fingerprint density at radius 2 is 1.52 bits per heavy atom. The normalized spacial score (nSPS) is 22.5. The number of hydrogen-bond acceptors (Lipinski definition) is 4. The Kier molecular flexibility index (Phi) is 25.6. The third-order valence-corrected chi connectivity index (χ3v) is 4.72. The highest BCUT2D eigenvalue weighted by Crippen LogP contribution is 2.39. The van der Waals surface area contributed by atoms with Gasteiger partial charge in [0.05, 0.1) is 18.1 Å². The quantitative estimate of drug-likeness (QED) is 0.191. The van der Waals surface area contributed by atoms with Gasteiger partial charge in [0.25, 0.3) is 0 Å². The highest BCUT2D eigenvalue weighted by atomic mass is 16.4. The first-order valence-electron chi connectivity index (χ1n) is 7.99. The summed E-state index contributed by atoms with van der Waals surface area (Å²) < 4.78 is 0. The highest BCUT2D eigenvalue weighted by molar-refractivity contribution is 5.76. The molecule has 0 unspecified atom stereocenters. The predicted octanol–water partition coefficient (Wildman–Crippen LogP) is -5.30. The second kappa shape index (κ2) is 18.0. The molecule has 1 amide bonds. The van der Waals surface area contributed by atoms with Gasteiger partial charge in [-0.15, -0.1) is 0 Å². The third kappa shape index (κ3) is 10.3. The number of aliphatic imine (C=N–C) groups is 1. The Morgan fingerprint density at radius 1 is 1.07 bits per heavy atom. The van der Waals surface area contributed by atoms with Crippen molar-refractivity contribution in [1.29, 1.82) is 0 Å². The van der Waals surface area contributed by atoms with Crippen LogP contribution in [0.3, 0.4) is 0 Å².